The van der Waals surface area contributed by atoms with Gasteiger partial charge in [-0.25, -0.2) is 8.42 Å². The number of hydrogen-bond acceptors (Lipinski definition) is 4. The first-order valence-corrected chi connectivity index (χ1v) is 12.4. The average Bonchev–Trinajstić information content (AvgIpc) is 3.13. The molecule has 1 atom stereocenters. The molecule has 1 aliphatic heterocycles. The highest BCUT2D eigenvalue weighted by atomic mass is 35.5. The van der Waals surface area contributed by atoms with Gasteiger partial charge in [0, 0.05) is 31.7 Å². The molecule has 3 rings (SSSR count). The van der Waals surface area contributed by atoms with Crippen LogP contribution in [0.5, 0.6) is 0 Å². The van der Waals surface area contributed by atoms with Crippen molar-refractivity contribution in [1.82, 2.24) is 4.31 Å². The van der Waals surface area contributed by atoms with Crippen molar-refractivity contribution in [1.29, 1.82) is 0 Å². The maximum Gasteiger partial charge on any atom is 0.243 e. The van der Waals surface area contributed by atoms with Crippen LogP contribution in [0.2, 0.25) is 5.02 Å². The van der Waals surface area contributed by atoms with Crippen LogP contribution >= 0.6 is 11.6 Å². The van der Waals surface area contributed by atoms with Gasteiger partial charge in [0.2, 0.25) is 21.8 Å². The van der Waals surface area contributed by atoms with Crippen molar-refractivity contribution in [2.24, 2.45) is 5.92 Å². The summed E-state index contributed by atoms with van der Waals surface area (Å²) < 4.78 is 27.0. The zero-order chi connectivity index (χ0) is 23.6. The van der Waals surface area contributed by atoms with Crippen molar-refractivity contribution >= 4 is 44.8 Å². The lowest BCUT2D eigenvalue weighted by atomic mass is 10.1. The van der Waals surface area contributed by atoms with Crippen LogP contribution in [0.3, 0.4) is 0 Å². The van der Waals surface area contributed by atoms with Crippen LogP contribution in [0.4, 0.5) is 11.4 Å². The zero-order valence-electron chi connectivity index (χ0n) is 18.7. The monoisotopic (exact) mass is 477 g/mol. The van der Waals surface area contributed by atoms with E-state index in [9.17, 15) is 18.0 Å². The summed E-state index contributed by atoms with van der Waals surface area (Å²) in [7, 11) is -3.70. The summed E-state index contributed by atoms with van der Waals surface area (Å²) in [5.74, 6) is -1.06. The second-order valence-electron chi connectivity index (χ2n) is 7.84. The molecule has 0 aromatic heterocycles. The number of sulfonamides is 1. The third-order valence-corrected chi connectivity index (χ3v) is 8.28. The van der Waals surface area contributed by atoms with Crippen molar-refractivity contribution in [2.75, 3.05) is 29.9 Å². The number of aryl methyl sites for hydroxylation is 1. The number of hydrogen-bond donors (Lipinski definition) is 1. The Morgan fingerprint density at radius 3 is 2.53 bits per heavy atom. The van der Waals surface area contributed by atoms with E-state index in [1.165, 1.54) is 22.5 Å². The Labute approximate surface area is 194 Å². The Morgan fingerprint density at radius 1 is 1.19 bits per heavy atom. The molecule has 1 unspecified atom stereocenters. The van der Waals surface area contributed by atoms with Gasteiger partial charge in [-0.3, -0.25) is 9.59 Å². The minimum atomic E-state index is -3.70. The number of amides is 2. The number of carbonyl (C=O) groups is 2. The van der Waals surface area contributed by atoms with E-state index in [1.807, 2.05) is 32.0 Å². The molecule has 0 spiro atoms. The molecule has 0 bridgehead atoms. The molecule has 7 nitrogen and oxygen atoms in total. The van der Waals surface area contributed by atoms with Gasteiger partial charge in [-0.1, -0.05) is 37.6 Å². The van der Waals surface area contributed by atoms with Crippen LogP contribution in [0.15, 0.2) is 41.3 Å². The van der Waals surface area contributed by atoms with E-state index in [-0.39, 0.29) is 40.4 Å². The summed E-state index contributed by atoms with van der Waals surface area (Å²) in [5, 5.41) is 2.95. The number of carbonyl (C=O) groups excluding carboxylic acids is 2. The molecule has 1 aliphatic rings. The average molecular weight is 478 g/mol. The first-order valence-electron chi connectivity index (χ1n) is 10.6. The van der Waals surface area contributed by atoms with Crippen molar-refractivity contribution < 1.29 is 18.0 Å². The molecule has 0 radical (unpaired) electrons. The Kier molecular flexibility index (Phi) is 7.27. The van der Waals surface area contributed by atoms with E-state index in [0.717, 1.165) is 16.8 Å². The summed E-state index contributed by atoms with van der Waals surface area (Å²) in [4.78, 5) is 27.3. The van der Waals surface area contributed by atoms with Gasteiger partial charge >= 0.3 is 0 Å². The topological polar surface area (TPSA) is 86.8 Å². The molecule has 2 aromatic rings. The normalized spacial score (nSPS) is 16.6. The Hall–Kier alpha value is -2.42. The number of halogens is 1. The largest absolute Gasteiger partial charge is 0.324 e. The molecule has 1 heterocycles. The van der Waals surface area contributed by atoms with Crippen LogP contribution in [0, 0.1) is 19.8 Å². The molecule has 1 N–H and O–H groups in total. The standard InChI is InChI=1S/C23H28ClN3O4S/c1-5-26(6-2)32(30,31)18-10-11-19(24)20(13-18)25-23(29)17-12-22(28)27(14-17)21-9-7-8-15(3)16(21)4/h7-11,13,17H,5-6,12,14H2,1-4H3,(H,25,29). The number of rotatable bonds is 7. The minimum absolute atomic E-state index is 0.0559. The summed E-state index contributed by atoms with van der Waals surface area (Å²) in [5.41, 5.74) is 3.08. The fourth-order valence-corrected chi connectivity index (χ4v) is 5.50. The predicted molar refractivity (Wildman–Crippen MR) is 127 cm³/mol. The Bertz CT molecular complexity index is 1150. The lowest BCUT2D eigenvalue weighted by Gasteiger charge is -2.21. The third-order valence-electron chi connectivity index (χ3n) is 5.90. The van der Waals surface area contributed by atoms with Crippen LogP contribution in [0.1, 0.15) is 31.4 Å². The summed E-state index contributed by atoms with van der Waals surface area (Å²) >= 11 is 6.24. The summed E-state index contributed by atoms with van der Waals surface area (Å²) in [6.45, 7) is 8.38. The van der Waals surface area contributed by atoms with Gasteiger partial charge in [0.05, 0.1) is 21.5 Å². The van der Waals surface area contributed by atoms with E-state index >= 15 is 0 Å². The Balaban J connectivity index is 1.81. The second kappa shape index (κ2) is 9.60. The molecule has 32 heavy (non-hydrogen) atoms. The van der Waals surface area contributed by atoms with Gasteiger partial charge in [0.1, 0.15) is 0 Å². The number of benzene rings is 2. The van der Waals surface area contributed by atoms with Gasteiger partial charge < -0.3 is 10.2 Å². The molecule has 2 aromatic carbocycles. The lowest BCUT2D eigenvalue weighted by molar-refractivity contribution is -0.122. The zero-order valence-corrected chi connectivity index (χ0v) is 20.3. The molecule has 1 saturated heterocycles. The molecule has 1 fully saturated rings. The van der Waals surface area contributed by atoms with Crippen LogP contribution < -0.4 is 10.2 Å². The highest BCUT2D eigenvalue weighted by Gasteiger charge is 2.36. The van der Waals surface area contributed by atoms with E-state index in [4.69, 9.17) is 11.6 Å². The fourth-order valence-electron chi connectivity index (χ4n) is 3.85. The third kappa shape index (κ3) is 4.67. The van der Waals surface area contributed by atoms with Crippen LogP contribution in [-0.4, -0.2) is 44.2 Å². The van der Waals surface area contributed by atoms with E-state index in [0.29, 0.717) is 13.1 Å². The van der Waals surface area contributed by atoms with Crippen molar-refractivity contribution in [3.63, 3.8) is 0 Å². The van der Waals surface area contributed by atoms with Crippen molar-refractivity contribution in [2.45, 2.75) is 39.0 Å². The summed E-state index contributed by atoms with van der Waals surface area (Å²) in [6, 6.07) is 9.99. The molecule has 0 aliphatic carbocycles. The predicted octanol–water partition coefficient (Wildman–Crippen LogP) is 3.98. The van der Waals surface area contributed by atoms with Crippen molar-refractivity contribution in [3.05, 3.63) is 52.5 Å². The molecule has 172 valence electrons. The molecule has 2 amide bonds. The van der Waals surface area contributed by atoms with E-state index < -0.39 is 15.9 Å². The van der Waals surface area contributed by atoms with Gasteiger partial charge in [-0.2, -0.15) is 4.31 Å². The van der Waals surface area contributed by atoms with Gasteiger partial charge in [-0.15, -0.1) is 0 Å². The highest BCUT2D eigenvalue weighted by molar-refractivity contribution is 7.89. The van der Waals surface area contributed by atoms with Crippen LogP contribution in [-0.2, 0) is 19.6 Å². The molecule has 0 saturated carbocycles. The first kappa shape index (κ1) is 24.2. The maximum absolute atomic E-state index is 12.9. The number of nitrogens with one attached hydrogen (secondary N) is 1. The second-order valence-corrected chi connectivity index (χ2v) is 10.2. The SMILES string of the molecule is CCN(CC)S(=O)(=O)c1ccc(Cl)c(NC(=O)C2CC(=O)N(c3cccc(C)c3C)C2)c1. The molecular weight excluding hydrogens is 450 g/mol. The maximum atomic E-state index is 12.9. The molecular formula is C23H28ClN3O4S. The van der Waals surface area contributed by atoms with Gasteiger partial charge in [0.15, 0.2) is 0 Å². The van der Waals surface area contributed by atoms with Crippen LogP contribution in [0.25, 0.3) is 0 Å². The number of anilines is 2. The molecule has 9 heteroatoms. The van der Waals surface area contributed by atoms with Crippen molar-refractivity contribution in [3.8, 4) is 0 Å². The van der Waals surface area contributed by atoms with E-state index in [2.05, 4.69) is 5.32 Å². The minimum Gasteiger partial charge on any atom is -0.324 e. The lowest BCUT2D eigenvalue weighted by Crippen LogP contribution is -2.31. The highest BCUT2D eigenvalue weighted by Crippen LogP contribution is 2.31. The van der Waals surface area contributed by atoms with E-state index in [1.54, 1.807) is 18.7 Å². The number of nitrogens with zero attached hydrogens (tertiary/aromatic N) is 2. The first-order chi connectivity index (χ1) is 15.1. The Morgan fingerprint density at radius 2 is 1.88 bits per heavy atom. The fraction of sp³-hybridized carbons (Fsp3) is 0.391. The smallest absolute Gasteiger partial charge is 0.243 e. The quantitative estimate of drug-likeness (QED) is 0.653. The summed E-state index contributed by atoms with van der Waals surface area (Å²) in [6.07, 6.45) is 0.0776. The van der Waals surface area contributed by atoms with Gasteiger partial charge in [0.25, 0.3) is 0 Å². The van der Waals surface area contributed by atoms with Gasteiger partial charge in [-0.05, 0) is 49.2 Å².